The molecule has 0 saturated carbocycles. The van der Waals surface area contributed by atoms with Gasteiger partial charge in [-0.1, -0.05) is 42.0 Å². The highest BCUT2D eigenvalue weighted by atomic mass is 15.0. The first-order chi connectivity index (χ1) is 8.70. The van der Waals surface area contributed by atoms with Gasteiger partial charge < -0.3 is 4.57 Å². The third-order valence-electron chi connectivity index (χ3n) is 2.83. The molecule has 0 bridgehead atoms. The van der Waals surface area contributed by atoms with Crippen molar-refractivity contribution in [1.82, 2.24) is 9.55 Å². The molecule has 0 aliphatic heterocycles. The molecular formula is C16H18N2. The molecule has 0 aliphatic carbocycles. The van der Waals surface area contributed by atoms with Crippen LogP contribution in [0.1, 0.15) is 23.9 Å². The Labute approximate surface area is 108 Å². The molecule has 0 amide bonds. The van der Waals surface area contributed by atoms with Gasteiger partial charge in [0.25, 0.3) is 0 Å². The second kappa shape index (κ2) is 5.50. The summed E-state index contributed by atoms with van der Waals surface area (Å²) in [5, 5.41) is 0. The fourth-order valence-electron chi connectivity index (χ4n) is 1.85. The normalized spacial score (nSPS) is 12.3. The van der Waals surface area contributed by atoms with Crippen molar-refractivity contribution in [2.45, 2.75) is 13.8 Å². The molecule has 1 heterocycles. The fraction of sp³-hybridized carbons (Fsp3) is 0.188. The molecule has 18 heavy (non-hydrogen) atoms. The minimum Gasteiger partial charge on any atom is -0.334 e. The Hall–Kier alpha value is -2.09. The Bertz CT molecular complexity index is 571. The van der Waals surface area contributed by atoms with Crippen molar-refractivity contribution in [1.29, 1.82) is 0 Å². The zero-order chi connectivity index (χ0) is 13.0. The molecule has 0 spiro atoms. The molecule has 0 N–H and O–H groups in total. The first-order valence-electron chi connectivity index (χ1n) is 6.09. The average molecular weight is 238 g/mol. The van der Waals surface area contributed by atoms with Crippen LogP contribution in [0.4, 0.5) is 0 Å². The molecule has 0 fully saturated rings. The second-order valence-electron chi connectivity index (χ2n) is 4.37. The average Bonchev–Trinajstić information content (AvgIpc) is 2.78. The van der Waals surface area contributed by atoms with Crippen molar-refractivity contribution in [2.24, 2.45) is 7.05 Å². The van der Waals surface area contributed by atoms with Crippen LogP contribution in [0, 0.1) is 6.92 Å². The topological polar surface area (TPSA) is 17.8 Å². The Balaban J connectivity index is 2.42. The van der Waals surface area contributed by atoms with Crippen molar-refractivity contribution in [3.63, 3.8) is 0 Å². The van der Waals surface area contributed by atoms with E-state index >= 15 is 0 Å². The summed E-state index contributed by atoms with van der Waals surface area (Å²) in [5.41, 5.74) is 3.59. The largest absolute Gasteiger partial charge is 0.334 e. The highest BCUT2D eigenvalue weighted by Crippen LogP contribution is 2.18. The number of aromatic nitrogens is 2. The molecule has 1 aromatic carbocycles. The maximum absolute atomic E-state index is 4.39. The summed E-state index contributed by atoms with van der Waals surface area (Å²) in [6.45, 7) is 4.12. The summed E-state index contributed by atoms with van der Waals surface area (Å²) < 4.78 is 2.03. The van der Waals surface area contributed by atoms with Crippen LogP contribution >= 0.6 is 0 Å². The van der Waals surface area contributed by atoms with Gasteiger partial charge >= 0.3 is 0 Å². The van der Waals surface area contributed by atoms with Crippen LogP contribution < -0.4 is 0 Å². The monoisotopic (exact) mass is 238 g/mol. The van der Waals surface area contributed by atoms with Crippen LogP contribution in [0.2, 0.25) is 0 Å². The van der Waals surface area contributed by atoms with Gasteiger partial charge in [0.2, 0.25) is 0 Å². The van der Waals surface area contributed by atoms with Crippen LogP contribution in [-0.2, 0) is 7.05 Å². The van der Waals surface area contributed by atoms with Gasteiger partial charge in [-0.15, -0.1) is 0 Å². The van der Waals surface area contributed by atoms with E-state index in [2.05, 4.69) is 48.3 Å². The summed E-state index contributed by atoms with van der Waals surface area (Å²) in [6.07, 6.45) is 10.1. The Kier molecular flexibility index (Phi) is 3.78. The van der Waals surface area contributed by atoms with Crippen LogP contribution in [0.5, 0.6) is 0 Å². The molecule has 1 aromatic heterocycles. The van der Waals surface area contributed by atoms with Gasteiger partial charge in [-0.05, 0) is 25.5 Å². The molecule has 0 radical (unpaired) electrons. The summed E-state index contributed by atoms with van der Waals surface area (Å²) in [5.74, 6) is 0.980. The molecule has 0 atom stereocenters. The molecule has 0 unspecified atom stereocenters. The van der Waals surface area contributed by atoms with E-state index in [1.807, 2.05) is 37.0 Å². The van der Waals surface area contributed by atoms with E-state index in [0.29, 0.717) is 0 Å². The van der Waals surface area contributed by atoms with Gasteiger partial charge in [-0.25, -0.2) is 4.98 Å². The van der Waals surface area contributed by atoms with Crippen molar-refractivity contribution in [3.8, 4) is 0 Å². The number of nitrogens with zero attached hydrogens (tertiary/aromatic N) is 2. The predicted molar refractivity (Wildman–Crippen MR) is 77.1 cm³/mol. The molecule has 0 aliphatic rings. The number of imidazole rings is 1. The third kappa shape index (κ3) is 2.77. The highest BCUT2D eigenvalue weighted by Gasteiger charge is 2.03. The van der Waals surface area contributed by atoms with Gasteiger partial charge in [-0.3, -0.25) is 0 Å². The number of rotatable bonds is 3. The second-order valence-corrected chi connectivity index (χ2v) is 4.37. The Morgan fingerprint density at radius 2 is 1.94 bits per heavy atom. The lowest BCUT2D eigenvalue weighted by Gasteiger charge is -2.03. The molecule has 2 rings (SSSR count). The van der Waals surface area contributed by atoms with Crippen molar-refractivity contribution >= 4 is 11.6 Å². The summed E-state index contributed by atoms with van der Waals surface area (Å²) in [4.78, 5) is 4.39. The lowest BCUT2D eigenvalue weighted by Crippen LogP contribution is -1.94. The minimum atomic E-state index is 0.980. The van der Waals surface area contributed by atoms with Gasteiger partial charge in [0, 0.05) is 25.0 Å². The van der Waals surface area contributed by atoms with E-state index in [4.69, 9.17) is 0 Å². The van der Waals surface area contributed by atoms with Gasteiger partial charge in [-0.2, -0.15) is 0 Å². The molecule has 2 nitrogen and oxygen atoms in total. The SMILES string of the molecule is C/C=C/C(=C/c1ccc(C)cc1)c1nccn1C. The van der Waals surface area contributed by atoms with E-state index in [1.54, 1.807) is 0 Å². The van der Waals surface area contributed by atoms with Crippen LogP contribution in [-0.4, -0.2) is 9.55 Å². The number of hydrogen-bond acceptors (Lipinski definition) is 1. The highest BCUT2D eigenvalue weighted by molar-refractivity contribution is 5.84. The first kappa shape index (κ1) is 12.4. The standard InChI is InChI=1S/C16H18N2/c1-4-5-15(16-17-10-11-18(16)3)12-14-8-6-13(2)7-9-14/h4-12H,1-3H3/b5-4+,15-12-. The first-order valence-corrected chi connectivity index (χ1v) is 6.09. The lowest BCUT2D eigenvalue weighted by atomic mass is 10.1. The van der Waals surface area contributed by atoms with E-state index < -0.39 is 0 Å². The third-order valence-corrected chi connectivity index (χ3v) is 2.83. The van der Waals surface area contributed by atoms with E-state index in [9.17, 15) is 0 Å². The van der Waals surface area contributed by atoms with Crippen molar-refractivity contribution in [3.05, 3.63) is 65.8 Å². The molecule has 2 heteroatoms. The van der Waals surface area contributed by atoms with Gasteiger partial charge in [0.1, 0.15) is 5.82 Å². The molecule has 92 valence electrons. The summed E-state index contributed by atoms with van der Waals surface area (Å²) in [6, 6.07) is 8.50. The Morgan fingerprint density at radius 3 is 2.50 bits per heavy atom. The number of benzene rings is 1. The van der Waals surface area contributed by atoms with E-state index in [-0.39, 0.29) is 0 Å². The van der Waals surface area contributed by atoms with E-state index in [1.165, 1.54) is 11.1 Å². The van der Waals surface area contributed by atoms with E-state index in [0.717, 1.165) is 11.4 Å². The number of hydrogen-bond donors (Lipinski definition) is 0. The van der Waals surface area contributed by atoms with Gasteiger partial charge in [0.15, 0.2) is 0 Å². The smallest absolute Gasteiger partial charge is 0.139 e. The fourth-order valence-corrected chi connectivity index (χ4v) is 1.85. The van der Waals surface area contributed by atoms with Crippen molar-refractivity contribution in [2.75, 3.05) is 0 Å². The summed E-state index contributed by atoms with van der Waals surface area (Å²) >= 11 is 0. The Morgan fingerprint density at radius 1 is 1.22 bits per heavy atom. The predicted octanol–water partition coefficient (Wildman–Crippen LogP) is 3.85. The van der Waals surface area contributed by atoms with Gasteiger partial charge in [0.05, 0.1) is 0 Å². The number of allylic oxidation sites excluding steroid dienone is 3. The summed E-state index contributed by atoms with van der Waals surface area (Å²) in [7, 11) is 2.01. The quantitative estimate of drug-likeness (QED) is 0.743. The zero-order valence-electron chi connectivity index (χ0n) is 11.1. The van der Waals surface area contributed by atoms with Crippen LogP contribution in [0.3, 0.4) is 0 Å². The maximum Gasteiger partial charge on any atom is 0.139 e. The maximum atomic E-state index is 4.39. The van der Waals surface area contributed by atoms with Crippen molar-refractivity contribution < 1.29 is 0 Å². The molecular weight excluding hydrogens is 220 g/mol. The minimum absolute atomic E-state index is 0.980. The lowest BCUT2D eigenvalue weighted by molar-refractivity contribution is 0.893. The molecule has 2 aromatic rings. The number of aryl methyl sites for hydroxylation is 2. The van der Waals surface area contributed by atoms with Crippen LogP contribution in [0.15, 0.2) is 48.8 Å². The molecule has 0 saturated heterocycles. The van der Waals surface area contributed by atoms with Crippen LogP contribution in [0.25, 0.3) is 11.6 Å². The zero-order valence-corrected chi connectivity index (χ0v) is 11.1.